The van der Waals surface area contributed by atoms with Crippen molar-refractivity contribution in [3.05, 3.63) is 138 Å². The molecular formula is C35H22FN3O+2. The van der Waals surface area contributed by atoms with E-state index in [0.29, 0.717) is 5.71 Å². The highest BCUT2D eigenvalue weighted by molar-refractivity contribution is 6.09. The molecule has 40 heavy (non-hydrogen) atoms. The van der Waals surface area contributed by atoms with Crippen LogP contribution in [0.4, 0.5) is 4.39 Å². The molecule has 0 aliphatic carbocycles. The molecule has 3 aromatic carbocycles. The van der Waals surface area contributed by atoms with E-state index in [9.17, 15) is 4.39 Å². The minimum Gasteiger partial charge on any atom is -0.437 e. The molecule has 2 aliphatic rings. The molecule has 6 heterocycles. The maximum atomic E-state index is 14.3. The molecule has 1 unspecified atom stereocenters. The Bertz CT molecular complexity index is 2170. The lowest BCUT2D eigenvalue weighted by Crippen LogP contribution is -2.71. The van der Waals surface area contributed by atoms with Crippen molar-refractivity contribution in [3.8, 4) is 33.6 Å². The second kappa shape index (κ2) is 7.48. The molecule has 0 N–H and O–H groups in total. The van der Waals surface area contributed by atoms with Crippen LogP contribution in [0.1, 0.15) is 16.8 Å². The highest BCUT2D eigenvalue weighted by Gasteiger charge is 2.67. The normalized spacial score (nSPS) is 16.4. The molecule has 2 aliphatic heterocycles. The topological polar surface area (TPSA) is 33.8 Å². The Kier molecular flexibility index (Phi) is 4.07. The third kappa shape index (κ3) is 2.57. The van der Waals surface area contributed by atoms with Crippen LogP contribution in [0, 0.1) is 12.7 Å². The van der Waals surface area contributed by atoms with Crippen molar-refractivity contribution in [2.24, 2.45) is 0 Å². The van der Waals surface area contributed by atoms with Crippen LogP contribution < -0.4 is 9.13 Å². The molecule has 9 rings (SSSR count). The Morgan fingerprint density at radius 2 is 1.52 bits per heavy atom. The van der Waals surface area contributed by atoms with Gasteiger partial charge >= 0.3 is 5.66 Å². The Morgan fingerprint density at radius 1 is 0.700 bits per heavy atom. The zero-order valence-electron chi connectivity index (χ0n) is 21.6. The summed E-state index contributed by atoms with van der Waals surface area (Å²) < 4.78 is 25.6. The second-order valence-corrected chi connectivity index (χ2v) is 10.6. The number of hydrogen-bond acceptors (Lipinski definition) is 2. The quantitative estimate of drug-likeness (QED) is 0.221. The molecule has 5 heteroatoms. The van der Waals surface area contributed by atoms with Crippen molar-refractivity contribution < 1.29 is 17.9 Å². The zero-order chi connectivity index (χ0) is 26.6. The number of aromatic nitrogens is 3. The van der Waals surface area contributed by atoms with Gasteiger partial charge in [-0.2, -0.15) is 0 Å². The summed E-state index contributed by atoms with van der Waals surface area (Å²) in [5.74, 6) is -0.252. The van der Waals surface area contributed by atoms with E-state index in [-0.39, 0.29) is 5.82 Å². The van der Waals surface area contributed by atoms with Crippen molar-refractivity contribution in [3.63, 3.8) is 0 Å². The maximum Gasteiger partial charge on any atom is 0.417 e. The van der Waals surface area contributed by atoms with Gasteiger partial charge in [0.05, 0.1) is 5.56 Å². The zero-order valence-corrected chi connectivity index (χ0v) is 21.6. The SMILES string of the molecule is Cc1ccc2c(n1)oc1c3c(ccc12)C1(c2ccccc2-c2cccc[n+]21)[n+]1ccc(-c2cccc(F)c2)cc1-3. The third-order valence-corrected chi connectivity index (χ3v) is 8.53. The first-order valence-electron chi connectivity index (χ1n) is 13.4. The number of rotatable bonds is 1. The Morgan fingerprint density at radius 3 is 2.45 bits per heavy atom. The van der Waals surface area contributed by atoms with E-state index in [0.717, 1.165) is 55.7 Å². The number of benzene rings is 3. The first-order chi connectivity index (χ1) is 19.6. The summed E-state index contributed by atoms with van der Waals surface area (Å²) in [5.41, 5.74) is 10.2. The van der Waals surface area contributed by atoms with Crippen LogP contribution in [0.25, 0.3) is 55.7 Å². The number of fused-ring (bicyclic) bond motifs is 14. The molecule has 0 fully saturated rings. The van der Waals surface area contributed by atoms with Crippen molar-refractivity contribution in [2.75, 3.05) is 0 Å². The molecule has 0 saturated heterocycles. The fourth-order valence-electron chi connectivity index (χ4n) is 6.92. The van der Waals surface area contributed by atoms with Crippen LogP contribution in [0.3, 0.4) is 0 Å². The smallest absolute Gasteiger partial charge is 0.417 e. The monoisotopic (exact) mass is 519 g/mol. The predicted molar refractivity (Wildman–Crippen MR) is 151 cm³/mol. The van der Waals surface area contributed by atoms with Gasteiger partial charge in [-0.15, -0.1) is 9.13 Å². The highest BCUT2D eigenvalue weighted by atomic mass is 19.1. The van der Waals surface area contributed by atoms with Gasteiger partial charge in [-0.3, -0.25) is 0 Å². The van der Waals surface area contributed by atoms with E-state index in [1.54, 1.807) is 12.1 Å². The van der Waals surface area contributed by atoms with Gasteiger partial charge in [0.2, 0.25) is 17.1 Å². The van der Waals surface area contributed by atoms with Gasteiger partial charge < -0.3 is 4.42 Å². The second-order valence-electron chi connectivity index (χ2n) is 10.6. The predicted octanol–water partition coefficient (Wildman–Crippen LogP) is 6.93. The summed E-state index contributed by atoms with van der Waals surface area (Å²) in [6.07, 6.45) is 4.30. The van der Waals surface area contributed by atoms with Crippen LogP contribution in [0.15, 0.2) is 120 Å². The molecule has 0 bridgehead atoms. The maximum absolute atomic E-state index is 14.3. The average molecular weight is 520 g/mol. The molecule has 188 valence electrons. The molecule has 0 amide bonds. The molecule has 4 aromatic heterocycles. The number of hydrogen-bond donors (Lipinski definition) is 0. The molecule has 1 spiro atoms. The van der Waals surface area contributed by atoms with Crippen molar-refractivity contribution in [1.29, 1.82) is 0 Å². The summed E-state index contributed by atoms with van der Waals surface area (Å²) in [5, 5.41) is 2.03. The number of aryl methyl sites for hydroxylation is 1. The number of nitrogens with zero attached hydrogens (tertiary/aromatic N) is 3. The number of halogens is 1. The molecule has 4 nitrogen and oxygen atoms in total. The van der Waals surface area contributed by atoms with Crippen LogP contribution in [0.5, 0.6) is 0 Å². The van der Waals surface area contributed by atoms with Crippen molar-refractivity contribution >= 4 is 22.1 Å². The van der Waals surface area contributed by atoms with E-state index in [2.05, 4.69) is 94.3 Å². The van der Waals surface area contributed by atoms with Crippen LogP contribution in [-0.2, 0) is 5.66 Å². The fourth-order valence-corrected chi connectivity index (χ4v) is 6.92. The minimum atomic E-state index is -0.644. The van der Waals surface area contributed by atoms with Gasteiger partial charge in [0, 0.05) is 40.7 Å². The van der Waals surface area contributed by atoms with Crippen LogP contribution >= 0.6 is 0 Å². The average Bonchev–Trinajstić information content (AvgIpc) is 3.60. The highest BCUT2D eigenvalue weighted by Crippen LogP contribution is 2.50. The molecule has 7 aromatic rings. The van der Waals surface area contributed by atoms with E-state index < -0.39 is 5.66 Å². The van der Waals surface area contributed by atoms with E-state index >= 15 is 0 Å². The number of pyridine rings is 3. The first-order valence-corrected chi connectivity index (χ1v) is 13.4. The molecule has 0 radical (unpaired) electrons. The van der Waals surface area contributed by atoms with Gasteiger partial charge in [0.1, 0.15) is 22.5 Å². The summed E-state index contributed by atoms with van der Waals surface area (Å²) in [6.45, 7) is 1.98. The minimum absolute atomic E-state index is 0.252. The lowest BCUT2D eigenvalue weighted by atomic mass is 9.89. The Hall–Kier alpha value is -5.16. The molecule has 1 atom stereocenters. The van der Waals surface area contributed by atoms with Gasteiger partial charge in [-0.1, -0.05) is 24.3 Å². The van der Waals surface area contributed by atoms with Gasteiger partial charge in [-0.05, 0) is 72.6 Å². The summed E-state index contributed by atoms with van der Waals surface area (Å²) >= 11 is 0. The summed E-state index contributed by atoms with van der Waals surface area (Å²) in [7, 11) is 0. The van der Waals surface area contributed by atoms with Crippen molar-refractivity contribution in [1.82, 2.24) is 4.98 Å². The first kappa shape index (κ1) is 21.7. The lowest BCUT2D eigenvalue weighted by molar-refractivity contribution is -0.955. The summed E-state index contributed by atoms with van der Waals surface area (Å²) in [6, 6.07) is 34.5. The standard InChI is InChI=1S/C35H22FN3O/c1-21-12-13-26-25-14-15-29-32(33(25)40-34(26)37-21)31-20-23(22-7-6-8-24(36)19-22)16-18-39(31)35(29)28-10-3-2-9-27(28)30-11-4-5-17-38(30)35/h2-20H,1H3/q+2. The van der Waals surface area contributed by atoms with Crippen LogP contribution in [0.2, 0.25) is 0 Å². The lowest BCUT2D eigenvalue weighted by Gasteiger charge is -2.17. The fraction of sp³-hybridized carbons (Fsp3) is 0.0571. The van der Waals surface area contributed by atoms with E-state index in [4.69, 9.17) is 9.40 Å². The van der Waals surface area contributed by atoms with E-state index in [1.807, 2.05) is 19.1 Å². The van der Waals surface area contributed by atoms with Gasteiger partial charge in [0.15, 0.2) is 18.0 Å². The Labute approximate surface area is 229 Å². The summed E-state index contributed by atoms with van der Waals surface area (Å²) in [4.78, 5) is 4.71. The molecule has 0 saturated carbocycles. The van der Waals surface area contributed by atoms with Crippen molar-refractivity contribution in [2.45, 2.75) is 12.6 Å². The molecular weight excluding hydrogens is 497 g/mol. The van der Waals surface area contributed by atoms with Crippen LogP contribution in [-0.4, -0.2) is 4.98 Å². The van der Waals surface area contributed by atoms with Gasteiger partial charge in [-0.25, -0.2) is 9.37 Å². The largest absolute Gasteiger partial charge is 0.437 e. The Balaban J connectivity index is 1.46. The van der Waals surface area contributed by atoms with E-state index in [1.165, 1.54) is 17.2 Å². The third-order valence-electron chi connectivity index (χ3n) is 8.53. The number of furan rings is 1. The van der Waals surface area contributed by atoms with Gasteiger partial charge in [0.25, 0.3) is 0 Å².